The third kappa shape index (κ3) is 4.81. The molecule has 1 aliphatic rings. The molecule has 148 valence electrons. The van der Waals surface area contributed by atoms with E-state index in [1.807, 2.05) is 19.9 Å². The Morgan fingerprint density at radius 2 is 2.04 bits per heavy atom. The summed E-state index contributed by atoms with van der Waals surface area (Å²) < 4.78 is 13.6. The molecule has 0 spiro atoms. The van der Waals surface area contributed by atoms with E-state index in [0.29, 0.717) is 12.1 Å². The maximum atomic E-state index is 13.6. The Kier molecular flexibility index (Phi) is 6.51. The van der Waals surface area contributed by atoms with Gasteiger partial charge in [0.05, 0.1) is 5.69 Å². The van der Waals surface area contributed by atoms with E-state index in [2.05, 4.69) is 15.6 Å². The van der Waals surface area contributed by atoms with E-state index < -0.39 is 0 Å². The fourth-order valence-corrected chi connectivity index (χ4v) is 4.16. The Hall–Kier alpha value is -2.61. The van der Waals surface area contributed by atoms with Gasteiger partial charge in [-0.3, -0.25) is 9.69 Å². The number of urea groups is 1. The zero-order valence-electron chi connectivity index (χ0n) is 15.9. The molecule has 3 amide bonds. The molecule has 0 saturated carbocycles. The van der Waals surface area contributed by atoms with Crippen molar-refractivity contribution in [1.82, 2.24) is 15.6 Å². The van der Waals surface area contributed by atoms with Crippen LogP contribution in [0, 0.1) is 19.7 Å². The third-order valence-corrected chi connectivity index (χ3v) is 5.36. The Morgan fingerprint density at radius 3 is 2.82 bits per heavy atom. The first-order valence-electron chi connectivity index (χ1n) is 9.12. The van der Waals surface area contributed by atoms with Gasteiger partial charge in [-0.15, -0.1) is 11.8 Å². The second-order valence-corrected chi connectivity index (χ2v) is 7.67. The summed E-state index contributed by atoms with van der Waals surface area (Å²) in [5, 5.41) is 6.32. The number of fused-ring (bicyclic) bond motifs is 1. The highest BCUT2D eigenvalue weighted by Gasteiger charge is 2.26. The number of nitrogens with zero attached hydrogens (tertiary/aromatic N) is 2. The summed E-state index contributed by atoms with van der Waals surface area (Å²) in [6.07, 6.45) is 0.126. The largest absolute Gasteiger partial charge is 0.352 e. The maximum absolute atomic E-state index is 13.6. The fraction of sp³-hybridized carbons (Fsp3) is 0.350. The van der Waals surface area contributed by atoms with E-state index in [1.54, 1.807) is 34.9 Å². The van der Waals surface area contributed by atoms with E-state index in [0.717, 1.165) is 27.7 Å². The molecule has 0 atom stereocenters. The zero-order chi connectivity index (χ0) is 20.1. The smallest absolute Gasteiger partial charge is 0.322 e. The highest BCUT2D eigenvalue weighted by molar-refractivity contribution is 7.99. The predicted octanol–water partition coefficient (Wildman–Crippen LogP) is 3.17. The Balaban J connectivity index is 1.50. The monoisotopic (exact) mass is 402 g/mol. The molecule has 0 saturated heterocycles. The molecule has 1 aliphatic heterocycles. The van der Waals surface area contributed by atoms with E-state index >= 15 is 0 Å². The summed E-state index contributed by atoms with van der Waals surface area (Å²) in [5.41, 5.74) is 3.20. The Bertz CT molecular complexity index is 891. The van der Waals surface area contributed by atoms with Crippen LogP contribution >= 0.6 is 11.8 Å². The molecular weight excluding hydrogens is 379 g/mol. The van der Waals surface area contributed by atoms with Crippen LogP contribution in [-0.2, 0) is 11.3 Å². The van der Waals surface area contributed by atoms with E-state index in [4.69, 9.17) is 0 Å². The van der Waals surface area contributed by atoms with Crippen LogP contribution in [0.4, 0.5) is 14.9 Å². The van der Waals surface area contributed by atoms with Gasteiger partial charge in [-0.05, 0) is 31.5 Å². The highest BCUT2D eigenvalue weighted by atomic mass is 32.2. The van der Waals surface area contributed by atoms with Gasteiger partial charge in [0.2, 0.25) is 5.91 Å². The van der Waals surface area contributed by atoms with Crippen molar-refractivity contribution in [2.24, 2.45) is 0 Å². The molecule has 0 radical (unpaired) electrons. The van der Waals surface area contributed by atoms with Gasteiger partial charge in [0.15, 0.2) is 0 Å². The normalized spacial score (nSPS) is 13.0. The second-order valence-electron chi connectivity index (χ2n) is 6.58. The number of amides is 3. The lowest BCUT2D eigenvalue weighted by Gasteiger charge is -2.30. The first kappa shape index (κ1) is 20.1. The summed E-state index contributed by atoms with van der Waals surface area (Å²) in [7, 11) is 0. The zero-order valence-corrected chi connectivity index (χ0v) is 16.7. The SMILES string of the molecule is Cc1cc(C)c2c(n1)SCCN2C(=O)NCCC(=O)NCc1ccccc1F. The van der Waals surface area contributed by atoms with Crippen LogP contribution in [-0.4, -0.2) is 35.8 Å². The standard InChI is InChI=1S/C20H23FN4O2S/c1-13-11-14(2)24-19-18(13)25(9-10-28-19)20(27)22-8-7-17(26)23-12-15-5-3-4-6-16(15)21/h3-6,11H,7-10,12H2,1-2H3,(H,22,27)(H,23,26). The second kappa shape index (κ2) is 9.05. The van der Waals surface area contributed by atoms with Gasteiger partial charge in [0, 0.05) is 43.1 Å². The molecule has 0 bridgehead atoms. The summed E-state index contributed by atoms with van der Waals surface area (Å²) in [6, 6.07) is 8.03. The van der Waals surface area contributed by atoms with Crippen LogP contribution in [0.1, 0.15) is 23.2 Å². The third-order valence-electron chi connectivity index (χ3n) is 4.41. The lowest BCUT2D eigenvalue weighted by Crippen LogP contribution is -2.44. The van der Waals surface area contributed by atoms with Crippen molar-refractivity contribution in [1.29, 1.82) is 0 Å². The minimum absolute atomic E-state index is 0.125. The molecule has 8 heteroatoms. The molecule has 2 N–H and O–H groups in total. The van der Waals surface area contributed by atoms with Crippen LogP contribution in [0.15, 0.2) is 35.4 Å². The molecular formula is C20H23FN4O2S. The van der Waals surface area contributed by atoms with E-state index in [9.17, 15) is 14.0 Å². The van der Waals surface area contributed by atoms with Crippen molar-refractivity contribution >= 4 is 29.4 Å². The summed E-state index contributed by atoms with van der Waals surface area (Å²) in [6.45, 7) is 4.83. The van der Waals surface area contributed by atoms with Gasteiger partial charge in [0.1, 0.15) is 10.8 Å². The van der Waals surface area contributed by atoms with Gasteiger partial charge in [-0.25, -0.2) is 14.2 Å². The molecule has 3 rings (SSSR count). The lowest BCUT2D eigenvalue weighted by atomic mass is 10.2. The molecule has 28 heavy (non-hydrogen) atoms. The number of nitrogens with one attached hydrogen (secondary N) is 2. The van der Waals surface area contributed by atoms with Crippen molar-refractivity contribution in [3.8, 4) is 0 Å². The number of carbonyl (C=O) groups is 2. The average Bonchev–Trinajstić information content (AvgIpc) is 2.66. The number of thioether (sulfide) groups is 1. The van der Waals surface area contributed by atoms with Gasteiger partial charge >= 0.3 is 6.03 Å². The number of aryl methyl sites for hydroxylation is 2. The molecule has 0 unspecified atom stereocenters. The van der Waals surface area contributed by atoms with Crippen LogP contribution < -0.4 is 15.5 Å². The fourth-order valence-electron chi connectivity index (χ4n) is 3.08. The minimum Gasteiger partial charge on any atom is -0.352 e. The number of halogens is 1. The molecule has 0 fully saturated rings. The van der Waals surface area contributed by atoms with Crippen molar-refractivity contribution in [3.05, 3.63) is 53.0 Å². The quantitative estimate of drug-likeness (QED) is 0.806. The van der Waals surface area contributed by atoms with Crippen LogP contribution in [0.5, 0.6) is 0 Å². The minimum atomic E-state index is -0.350. The summed E-state index contributed by atoms with van der Waals surface area (Å²) in [4.78, 5) is 30.8. The predicted molar refractivity (Wildman–Crippen MR) is 108 cm³/mol. The van der Waals surface area contributed by atoms with E-state index in [1.165, 1.54) is 6.07 Å². The summed E-state index contributed by atoms with van der Waals surface area (Å²) >= 11 is 1.65. The first-order chi connectivity index (χ1) is 13.5. The van der Waals surface area contributed by atoms with E-state index in [-0.39, 0.29) is 37.3 Å². The van der Waals surface area contributed by atoms with Crippen molar-refractivity contribution < 1.29 is 14.0 Å². The van der Waals surface area contributed by atoms with Gasteiger partial charge in [-0.2, -0.15) is 0 Å². The van der Waals surface area contributed by atoms with Crippen molar-refractivity contribution in [3.63, 3.8) is 0 Å². The molecule has 2 aromatic rings. The average molecular weight is 402 g/mol. The highest BCUT2D eigenvalue weighted by Crippen LogP contribution is 2.36. The Morgan fingerprint density at radius 1 is 1.25 bits per heavy atom. The number of anilines is 1. The number of aromatic nitrogens is 1. The molecule has 1 aromatic carbocycles. The molecule has 0 aliphatic carbocycles. The number of carbonyl (C=O) groups excluding carboxylic acids is 2. The number of rotatable bonds is 5. The van der Waals surface area contributed by atoms with Crippen molar-refractivity contribution in [2.45, 2.75) is 31.8 Å². The van der Waals surface area contributed by atoms with Crippen molar-refractivity contribution in [2.75, 3.05) is 23.7 Å². The number of hydrogen-bond donors (Lipinski definition) is 2. The number of pyridine rings is 1. The number of hydrogen-bond acceptors (Lipinski definition) is 4. The Labute approximate surface area is 167 Å². The molecule has 2 heterocycles. The topological polar surface area (TPSA) is 74.3 Å². The maximum Gasteiger partial charge on any atom is 0.322 e. The number of benzene rings is 1. The van der Waals surface area contributed by atoms with Gasteiger partial charge < -0.3 is 10.6 Å². The first-order valence-corrected chi connectivity index (χ1v) is 10.1. The van der Waals surface area contributed by atoms with Crippen LogP contribution in [0.2, 0.25) is 0 Å². The van der Waals surface area contributed by atoms with Gasteiger partial charge in [0.25, 0.3) is 0 Å². The lowest BCUT2D eigenvalue weighted by molar-refractivity contribution is -0.121. The summed E-state index contributed by atoms with van der Waals surface area (Å²) in [5.74, 6) is 0.183. The van der Waals surface area contributed by atoms with Crippen LogP contribution in [0.3, 0.4) is 0 Å². The van der Waals surface area contributed by atoms with Crippen LogP contribution in [0.25, 0.3) is 0 Å². The van der Waals surface area contributed by atoms with Gasteiger partial charge in [-0.1, -0.05) is 18.2 Å². The molecule has 1 aromatic heterocycles. The molecule has 6 nitrogen and oxygen atoms in total.